The molecule has 1 amide bonds. The number of pyridine rings is 1. The lowest BCUT2D eigenvalue weighted by molar-refractivity contribution is -0.192. The van der Waals surface area contributed by atoms with Crippen LogP contribution in [-0.2, 0) is 4.79 Å². The Morgan fingerprint density at radius 2 is 1.52 bits per heavy atom. The van der Waals surface area contributed by atoms with Gasteiger partial charge in [0.25, 0.3) is 5.91 Å². The highest BCUT2D eigenvalue weighted by Crippen LogP contribution is 2.41. The number of piperidine rings is 1. The molecule has 0 bridgehead atoms. The number of carboxylic acids is 1. The fourth-order valence-electron chi connectivity index (χ4n) is 3.83. The number of aromatic nitrogens is 3. The molecule has 2 saturated heterocycles. The number of carbonyl (C=O) groups is 2. The Balaban J connectivity index is 0.000000339. The Morgan fingerprint density at radius 1 is 0.968 bits per heavy atom. The second-order valence-corrected chi connectivity index (χ2v) is 7.55. The third-order valence-electron chi connectivity index (χ3n) is 5.55. The highest BCUT2D eigenvalue weighted by molar-refractivity contribution is 5.94. The molecule has 0 saturated carbocycles. The summed E-state index contributed by atoms with van der Waals surface area (Å²) in [5.74, 6) is -1.81. The van der Waals surface area contributed by atoms with E-state index in [1.165, 1.54) is 0 Å². The first-order chi connectivity index (χ1) is 14.7. The van der Waals surface area contributed by atoms with Crippen molar-refractivity contribution in [2.45, 2.75) is 25.4 Å². The molecule has 4 heterocycles. The van der Waals surface area contributed by atoms with Crippen LogP contribution in [0.25, 0.3) is 0 Å². The Bertz CT molecular complexity index is 888. The van der Waals surface area contributed by atoms with E-state index in [1.807, 2.05) is 11.0 Å². The molecule has 31 heavy (non-hydrogen) atoms. The summed E-state index contributed by atoms with van der Waals surface area (Å²) in [7, 11) is 0. The number of alkyl halides is 3. The van der Waals surface area contributed by atoms with E-state index in [0.717, 1.165) is 57.0 Å². The normalized spacial score (nSPS) is 17.8. The van der Waals surface area contributed by atoms with Crippen LogP contribution in [0.15, 0.2) is 43.0 Å². The second kappa shape index (κ2) is 9.27. The highest BCUT2D eigenvalue weighted by atomic mass is 19.4. The molecule has 166 valence electrons. The topological polar surface area (TPSA) is 99.5 Å². The number of hydrogen-bond donors (Lipinski definition) is 1. The van der Waals surface area contributed by atoms with Gasteiger partial charge in [-0.25, -0.2) is 14.8 Å². The summed E-state index contributed by atoms with van der Waals surface area (Å²) in [5.41, 5.74) is 1.03. The van der Waals surface area contributed by atoms with Gasteiger partial charge >= 0.3 is 12.1 Å². The SMILES string of the molecule is O=C(O)C(F)(F)F.O=C(c1ccncc1)N1CCC2(CC1)CCN(c1ncccn1)C2. The van der Waals surface area contributed by atoms with Crippen LogP contribution in [0.1, 0.15) is 29.6 Å². The van der Waals surface area contributed by atoms with Crippen molar-refractivity contribution in [1.82, 2.24) is 19.9 Å². The summed E-state index contributed by atoms with van der Waals surface area (Å²) in [6.45, 7) is 3.64. The highest BCUT2D eigenvalue weighted by Gasteiger charge is 2.42. The maximum absolute atomic E-state index is 12.6. The van der Waals surface area contributed by atoms with Gasteiger partial charge in [0, 0.05) is 56.5 Å². The lowest BCUT2D eigenvalue weighted by Crippen LogP contribution is -2.44. The van der Waals surface area contributed by atoms with Crippen molar-refractivity contribution >= 4 is 17.8 Å². The number of carboxylic acid groups (broad SMARTS) is 1. The van der Waals surface area contributed by atoms with Crippen molar-refractivity contribution in [3.63, 3.8) is 0 Å². The number of hydrogen-bond acceptors (Lipinski definition) is 6. The van der Waals surface area contributed by atoms with Crippen molar-refractivity contribution < 1.29 is 27.9 Å². The molecule has 11 heteroatoms. The van der Waals surface area contributed by atoms with Crippen molar-refractivity contribution in [1.29, 1.82) is 0 Å². The molecule has 0 atom stereocenters. The first-order valence-corrected chi connectivity index (χ1v) is 9.72. The van der Waals surface area contributed by atoms with Crippen LogP contribution in [0.5, 0.6) is 0 Å². The zero-order valence-corrected chi connectivity index (χ0v) is 16.6. The quantitative estimate of drug-likeness (QED) is 0.771. The van der Waals surface area contributed by atoms with Gasteiger partial charge in [-0.05, 0) is 42.9 Å². The smallest absolute Gasteiger partial charge is 0.475 e. The van der Waals surface area contributed by atoms with Gasteiger partial charge in [0.2, 0.25) is 5.95 Å². The molecule has 0 unspecified atom stereocenters. The summed E-state index contributed by atoms with van der Waals surface area (Å²) in [6.07, 6.45) is 5.11. The van der Waals surface area contributed by atoms with E-state index < -0.39 is 12.1 Å². The van der Waals surface area contributed by atoms with Crippen molar-refractivity contribution in [3.8, 4) is 0 Å². The van der Waals surface area contributed by atoms with E-state index in [0.29, 0.717) is 5.41 Å². The third kappa shape index (κ3) is 5.68. The van der Waals surface area contributed by atoms with Gasteiger partial charge in [-0.3, -0.25) is 9.78 Å². The molecule has 0 aliphatic carbocycles. The molecule has 2 aromatic heterocycles. The van der Waals surface area contributed by atoms with Crippen molar-refractivity contribution in [2.75, 3.05) is 31.1 Å². The molecule has 0 aromatic carbocycles. The average Bonchev–Trinajstić information content (AvgIpc) is 3.18. The van der Waals surface area contributed by atoms with E-state index in [4.69, 9.17) is 9.90 Å². The first kappa shape index (κ1) is 22.4. The van der Waals surface area contributed by atoms with E-state index in [2.05, 4.69) is 19.9 Å². The Hall–Kier alpha value is -3.24. The van der Waals surface area contributed by atoms with Crippen molar-refractivity contribution in [3.05, 3.63) is 48.5 Å². The van der Waals surface area contributed by atoms with Crippen LogP contribution in [0.3, 0.4) is 0 Å². The number of aliphatic carboxylic acids is 1. The Morgan fingerprint density at radius 3 is 2.06 bits per heavy atom. The molecule has 1 spiro atoms. The molecular weight excluding hydrogens is 415 g/mol. The zero-order valence-electron chi connectivity index (χ0n) is 16.6. The fourth-order valence-corrected chi connectivity index (χ4v) is 3.83. The third-order valence-corrected chi connectivity index (χ3v) is 5.55. The van der Waals surface area contributed by atoms with Crippen LogP contribution < -0.4 is 4.90 Å². The summed E-state index contributed by atoms with van der Waals surface area (Å²) < 4.78 is 31.7. The number of anilines is 1. The largest absolute Gasteiger partial charge is 0.490 e. The average molecular weight is 437 g/mol. The maximum atomic E-state index is 12.6. The second-order valence-electron chi connectivity index (χ2n) is 7.55. The van der Waals surface area contributed by atoms with Gasteiger partial charge < -0.3 is 14.9 Å². The van der Waals surface area contributed by atoms with Gasteiger partial charge in [-0.2, -0.15) is 13.2 Å². The van der Waals surface area contributed by atoms with E-state index in [1.54, 1.807) is 36.9 Å². The minimum absolute atomic E-state index is 0.119. The molecule has 2 aliphatic heterocycles. The molecule has 2 fully saturated rings. The van der Waals surface area contributed by atoms with Crippen LogP contribution in [-0.4, -0.2) is 69.2 Å². The summed E-state index contributed by atoms with van der Waals surface area (Å²) in [6, 6.07) is 5.42. The predicted octanol–water partition coefficient (Wildman–Crippen LogP) is 2.64. The van der Waals surface area contributed by atoms with Crippen molar-refractivity contribution in [2.24, 2.45) is 5.41 Å². The summed E-state index contributed by atoms with van der Waals surface area (Å²) in [4.78, 5) is 38.4. The number of nitrogens with zero attached hydrogens (tertiary/aromatic N) is 5. The minimum Gasteiger partial charge on any atom is -0.475 e. The Labute approximate surface area is 176 Å². The number of amides is 1. The van der Waals surface area contributed by atoms with Gasteiger partial charge in [-0.15, -0.1) is 0 Å². The van der Waals surface area contributed by atoms with E-state index >= 15 is 0 Å². The van der Waals surface area contributed by atoms with E-state index in [9.17, 15) is 18.0 Å². The van der Waals surface area contributed by atoms with Gasteiger partial charge in [0.15, 0.2) is 0 Å². The van der Waals surface area contributed by atoms with Crippen LogP contribution >= 0.6 is 0 Å². The fraction of sp³-hybridized carbons (Fsp3) is 0.450. The van der Waals surface area contributed by atoms with Crippen LogP contribution in [0.4, 0.5) is 19.1 Å². The van der Waals surface area contributed by atoms with Gasteiger partial charge in [0.1, 0.15) is 0 Å². The van der Waals surface area contributed by atoms with Crippen LogP contribution in [0.2, 0.25) is 0 Å². The number of halogens is 3. The lowest BCUT2D eigenvalue weighted by Gasteiger charge is -2.39. The lowest BCUT2D eigenvalue weighted by atomic mass is 9.77. The molecule has 2 aromatic rings. The van der Waals surface area contributed by atoms with Crippen LogP contribution in [0, 0.1) is 5.41 Å². The maximum Gasteiger partial charge on any atom is 0.490 e. The number of carbonyl (C=O) groups excluding carboxylic acids is 1. The Kier molecular flexibility index (Phi) is 6.71. The van der Waals surface area contributed by atoms with Gasteiger partial charge in [-0.1, -0.05) is 0 Å². The molecule has 8 nitrogen and oxygen atoms in total. The molecule has 2 aliphatic rings. The zero-order chi connectivity index (χ0) is 22.5. The molecule has 4 rings (SSSR count). The monoisotopic (exact) mass is 437 g/mol. The van der Waals surface area contributed by atoms with Gasteiger partial charge in [0.05, 0.1) is 0 Å². The minimum atomic E-state index is -5.08. The number of rotatable bonds is 2. The predicted molar refractivity (Wildman–Crippen MR) is 104 cm³/mol. The summed E-state index contributed by atoms with van der Waals surface area (Å²) in [5, 5.41) is 7.12. The van der Waals surface area contributed by atoms with E-state index in [-0.39, 0.29) is 5.91 Å². The number of likely N-dealkylation sites (tertiary alicyclic amines) is 1. The summed E-state index contributed by atoms with van der Waals surface area (Å²) >= 11 is 0. The first-order valence-electron chi connectivity index (χ1n) is 9.72. The molecular formula is C20H22F3N5O3. The molecule has 1 N–H and O–H groups in total. The standard InChI is InChI=1S/C18H21N5O.C2HF3O2/c24-16(15-2-9-19-10-3-15)22-11-4-18(5-12-22)6-13-23(14-18)17-20-7-1-8-21-17;3-2(4,5)1(6)7/h1-3,7-10H,4-6,11-14H2;(H,6,7). The molecule has 0 radical (unpaired) electrons.